The van der Waals surface area contributed by atoms with E-state index >= 15 is 0 Å². The molecular formula is C22H16ClNO3S. The molecule has 0 bridgehead atoms. The molecule has 1 fully saturated rings. The van der Waals surface area contributed by atoms with Crippen molar-refractivity contribution in [2.45, 2.75) is 12.6 Å². The number of carbonyl (C=O) groups excluding carboxylic acids is 2. The largest absolute Gasteiger partial charge is 0.507 e. The first kappa shape index (κ1) is 18.5. The van der Waals surface area contributed by atoms with Crippen LogP contribution in [0.5, 0.6) is 0 Å². The number of amides is 1. The van der Waals surface area contributed by atoms with Gasteiger partial charge in [0.1, 0.15) is 5.76 Å². The van der Waals surface area contributed by atoms with Gasteiger partial charge in [0.05, 0.1) is 18.2 Å². The van der Waals surface area contributed by atoms with E-state index in [1.54, 1.807) is 24.3 Å². The third-order valence-electron chi connectivity index (χ3n) is 4.68. The summed E-state index contributed by atoms with van der Waals surface area (Å²) in [6.45, 7) is 0.305. The predicted octanol–water partition coefficient (Wildman–Crippen LogP) is 5.02. The monoisotopic (exact) mass is 409 g/mol. The molecule has 1 atom stereocenters. The third-order valence-corrected chi connectivity index (χ3v) is 5.79. The zero-order valence-corrected chi connectivity index (χ0v) is 16.3. The summed E-state index contributed by atoms with van der Waals surface area (Å²) in [5.41, 5.74) is 1.31. The van der Waals surface area contributed by atoms with Gasteiger partial charge in [-0.05, 0) is 41.3 Å². The van der Waals surface area contributed by atoms with Crippen LogP contribution in [0.3, 0.4) is 0 Å². The summed E-state index contributed by atoms with van der Waals surface area (Å²) in [6.07, 6.45) is 0. The fourth-order valence-electron chi connectivity index (χ4n) is 3.36. The number of thiophene rings is 1. The average molecular weight is 410 g/mol. The minimum absolute atomic E-state index is 0.0927. The van der Waals surface area contributed by atoms with Crippen LogP contribution in [0.25, 0.3) is 5.76 Å². The average Bonchev–Trinajstić information content (AvgIpc) is 3.31. The molecule has 0 saturated carbocycles. The van der Waals surface area contributed by atoms with Gasteiger partial charge in [-0.1, -0.05) is 48.0 Å². The minimum atomic E-state index is -0.683. The topological polar surface area (TPSA) is 57.6 Å². The van der Waals surface area contributed by atoms with E-state index in [4.69, 9.17) is 11.6 Å². The van der Waals surface area contributed by atoms with Gasteiger partial charge < -0.3 is 10.0 Å². The molecule has 4 nitrogen and oxygen atoms in total. The van der Waals surface area contributed by atoms with E-state index in [1.165, 1.54) is 16.2 Å². The first-order valence-electron chi connectivity index (χ1n) is 8.68. The summed E-state index contributed by atoms with van der Waals surface area (Å²) in [5, 5.41) is 13.4. The van der Waals surface area contributed by atoms with E-state index in [-0.39, 0.29) is 11.3 Å². The Bertz CT molecular complexity index is 1040. The lowest BCUT2D eigenvalue weighted by Crippen LogP contribution is -2.28. The quantitative estimate of drug-likeness (QED) is 0.374. The van der Waals surface area contributed by atoms with Gasteiger partial charge in [-0.3, -0.25) is 9.59 Å². The number of carbonyl (C=O) groups is 2. The molecule has 1 aromatic heterocycles. The molecule has 1 N–H and O–H groups in total. The Morgan fingerprint density at radius 2 is 1.71 bits per heavy atom. The van der Waals surface area contributed by atoms with Gasteiger partial charge in [-0.2, -0.15) is 0 Å². The van der Waals surface area contributed by atoms with Crippen molar-refractivity contribution in [1.29, 1.82) is 0 Å². The summed E-state index contributed by atoms with van der Waals surface area (Å²) in [4.78, 5) is 28.2. The number of rotatable bonds is 4. The van der Waals surface area contributed by atoms with Crippen molar-refractivity contribution in [1.82, 2.24) is 4.90 Å². The van der Waals surface area contributed by atoms with E-state index in [0.717, 1.165) is 10.4 Å². The molecule has 4 rings (SSSR count). The number of halogens is 1. The Labute approximate surface area is 171 Å². The van der Waals surface area contributed by atoms with E-state index in [0.29, 0.717) is 17.1 Å². The summed E-state index contributed by atoms with van der Waals surface area (Å²) < 4.78 is 0. The number of aliphatic hydroxyl groups is 1. The maximum absolute atomic E-state index is 12.9. The summed E-state index contributed by atoms with van der Waals surface area (Å²) in [6, 6.07) is 19.0. The van der Waals surface area contributed by atoms with Gasteiger partial charge in [0.2, 0.25) is 0 Å². The Balaban J connectivity index is 1.85. The smallest absolute Gasteiger partial charge is 0.295 e. The molecule has 1 unspecified atom stereocenters. The highest BCUT2D eigenvalue weighted by Crippen LogP contribution is 2.40. The number of likely N-dealkylation sites (tertiary alicyclic amines) is 1. The molecule has 0 radical (unpaired) electrons. The number of benzene rings is 2. The van der Waals surface area contributed by atoms with Gasteiger partial charge in [0.15, 0.2) is 0 Å². The van der Waals surface area contributed by atoms with Gasteiger partial charge >= 0.3 is 0 Å². The van der Waals surface area contributed by atoms with Crippen molar-refractivity contribution in [3.63, 3.8) is 0 Å². The van der Waals surface area contributed by atoms with Crippen molar-refractivity contribution in [2.24, 2.45) is 0 Å². The SMILES string of the molecule is O=C1C(=O)N(Cc2cccs2)C(c2ccccc2)/C1=C(/O)c1ccc(Cl)cc1. The highest BCUT2D eigenvalue weighted by Gasteiger charge is 2.46. The molecule has 140 valence electrons. The van der Waals surface area contributed by atoms with Crippen LogP contribution in [0.2, 0.25) is 5.02 Å². The number of aliphatic hydroxyl groups excluding tert-OH is 1. The van der Waals surface area contributed by atoms with Crippen LogP contribution in [0.1, 0.15) is 22.0 Å². The molecule has 1 aliphatic heterocycles. The Morgan fingerprint density at radius 1 is 1.00 bits per heavy atom. The molecule has 1 amide bonds. The molecule has 6 heteroatoms. The molecule has 3 aromatic rings. The van der Waals surface area contributed by atoms with Crippen LogP contribution in [-0.2, 0) is 16.1 Å². The lowest BCUT2D eigenvalue weighted by Gasteiger charge is -2.24. The van der Waals surface area contributed by atoms with Crippen molar-refractivity contribution in [2.75, 3.05) is 0 Å². The maximum Gasteiger partial charge on any atom is 0.295 e. The van der Waals surface area contributed by atoms with Crippen molar-refractivity contribution >= 4 is 40.4 Å². The number of Topliss-reactive ketones (excluding diaryl/α,β-unsaturated/α-hetero) is 1. The van der Waals surface area contributed by atoms with Crippen LogP contribution >= 0.6 is 22.9 Å². The van der Waals surface area contributed by atoms with Crippen LogP contribution in [-0.4, -0.2) is 21.7 Å². The normalized spacial score (nSPS) is 18.6. The predicted molar refractivity (Wildman–Crippen MR) is 110 cm³/mol. The standard InChI is InChI=1S/C22H16ClNO3S/c23-16-10-8-15(9-11-16)20(25)18-19(14-5-2-1-3-6-14)24(22(27)21(18)26)13-17-7-4-12-28-17/h1-12,19,25H,13H2/b20-18-. The van der Waals surface area contributed by atoms with Gasteiger partial charge in [0, 0.05) is 15.5 Å². The van der Waals surface area contributed by atoms with Crippen LogP contribution in [0.15, 0.2) is 77.7 Å². The molecule has 2 heterocycles. The zero-order chi connectivity index (χ0) is 19.7. The van der Waals surface area contributed by atoms with E-state index in [9.17, 15) is 14.7 Å². The summed E-state index contributed by atoms with van der Waals surface area (Å²) in [5.74, 6) is -1.49. The summed E-state index contributed by atoms with van der Waals surface area (Å²) >= 11 is 7.45. The molecule has 1 aliphatic rings. The van der Waals surface area contributed by atoms with Crippen LogP contribution < -0.4 is 0 Å². The zero-order valence-electron chi connectivity index (χ0n) is 14.7. The lowest BCUT2D eigenvalue weighted by atomic mass is 9.95. The van der Waals surface area contributed by atoms with Crippen LogP contribution in [0, 0.1) is 0 Å². The second-order valence-corrected chi connectivity index (χ2v) is 7.89. The van der Waals surface area contributed by atoms with Gasteiger partial charge in [-0.25, -0.2) is 0 Å². The second-order valence-electron chi connectivity index (χ2n) is 6.42. The van der Waals surface area contributed by atoms with E-state index in [1.807, 2.05) is 47.8 Å². The number of nitrogens with zero attached hydrogens (tertiary/aromatic N) is 1. The molecular weight excluding hydrogens is 394 g/mol. The molecule has 2 aromatic carbocycles. The van der Waals surface area contributed by atoms with Crippen LogP contribution in [0.4, 0.5) is 0 Å². The summed E-state index contributed by atoms with van der Waals surface area (Å²) in [7, 11) is 0. The molecule has 1 saturated heterocycles. The van der Waals surface area contributed by atoms with Crippen molar-refractivity contribution < 1.29 is 14.7 Å². The van der Waals surface area contributed by atoms with Crippen molar-refractivity contribution in [3.05, 3.63) is 98.7 Å². The highest BCUT2D eigenvalue weighted by atomic mass is 35.5. The highest BCUT2D eigenvalue weighted by molar-refractivity contribution is 7.09. The van der Waals surface area contributed by atoms with Gasteiger partial charge in [0.25, 0.3) is 11.7 Å². The minimum Gasteiger partial charge on any atom is -0.507 e. The fraction of sp³-hybridized carbons (Fsp3) is 0.0909. The molecule has 0 aliphatic carbocycles. The van der Waals surface area contributed by atoms with Gasteiger partial charge in [-0.15, -0.1) is 11.3 Å². The van der Waals surface area contributed by atoms with E-state index < -0.39 is 17.7 Å². The maximum atomic E-state index is 12.9. The van der Waals surface area contributed by atoms with Crippen molar-refractivity contribution in [3.8, 4) is 0 Å². The lowest BCUT2D eigenvalue weighted by molar-refractivity contribution is -0.140. The fourth-order valence-corrected chi connectivity index (χ4v) is 4.19. The second kappa shape index (κ2) is 7.62. The number of ketones is 1. The number of hydrogen-bond acceptors (Lipinski definition) is 4. The molecule has 0 spiro atoms. The first-order valence-corrected chi connectivity index (χ1v) is 9.93. The molecule has 28 heavy (non-hydrogen) atoms. The Kier molecular flexibility index (Phi) is 5.03. The van der Waals surface area contributed by atoms with E-state index in [2.05, 4.69) is 0 Å². The number of hydrogen-bond donors (Lipinski definition) is 1. The third kappa shape index (κ3) is 3.35. The first-order chi connectivity index (χ1) is 13.6. The Morgan fingerprint density at radius 3 is 2.36 bits per heavy atom. The Hall–Kier alpha value is -2.89.